The van der Waals surface area contributed by atoms with Crippen LogP contribution in [0.4, 0.5) is 0 Å². The number of hydrogen-bond acceptors (Lipinski definition) is 0. The fourth-order valence-corrected chi connectivity index (χ4v) is 0. The van der Waals surface area contributed by atoms with Gasteiger partial charge < -0.3 is 0 Å². The Balaban J connectivity index is 0. The van der Waals surface area contributed by atoms with Crippen molar-refractivity contribution < 1.29 is 82.1 Å². The van der Waals surface area contributed by atoms with Crippen LogP contribution in [0.1, 0.15) is 0 Å². The zero-order valence-electron chi connectivity index (χ0n) is 1.73. The van der Waals surface area contributed by atoms with Gasteiger partial charge in [0.2, 0.25) is 0 Å². The predicted molar refractivity (Wildman–Crippen MR) is 0 cm³/mol. The van der Waals surface area contributed by atoms with Crippen LogP contribution in [0.3, 0.4) is 0 Å². The van der Waals surface area contributed by atoms with Crippen LogP contribution in [0.25, 0.3) is 0 Å². The van der Waals surface area contributed by atoms with Gasteiger partial charge in [0, 0.05) is 82.1 Å². The Labute approximate surface area is 80.8 Å². The third-order valence-electron chi connectivity index (χ3n) is 0. The Kier molecular flexibility index (Phi) is 132. The van der Waals surface area contributed by atoms with Gasteiger partial charge in [-0.1, -0.05) is 0 Å². The SMILES string of the molecule is [Fe].[Mn].[Ti].[Zr]. The Bertz CT molecular complexity index is 8.00. The van der Waals surface area contributed by atoms with E-state index in [2.05, 4.69) is 0 Å². The largest absolute Gasteiger partial charge is 0 e. The van der Waals surface area contributed by atoms with Crippen molar-refractivity contribution in [2.75, 3.05) is 0 Å². The molecule has 0 rings (SSSR count). The van der Waals surface area contributed by atoms with E-state index in [1.165, 1.54) is 0 Å². The van der Waals surface area contributed by atoms with Crippen molar-refractivity contribution in [2.24, 2.45) is 0 Å². The molecule has 0 aliphatic heterocycles. The topological polar surface area (TPSA) is 0 Å². The zero-order valence-corrected chi connectivity index (χ0v) is 8.04. The van der Waals surface area contributed by atoms with Crippen molar-refractivity contribution in [1.29, 1.82) is 0 Å². The molecule has 0 amide bonds. The number of hydrogen-bond donors (Lipinski definition) is 0. The van der Waals surface area contributed by atoms with E-state index >= 15 is 0 Å². The second-order valence-corrected chi connectivity index (χ2v) is 0. The molecule has 4 heteroatoms. The van der Waals surface area contributed by atoms with Crippen molar-refractivity contribution in [2.45, 2.75) is 0 Å². The normalized spacial score (nSPS) is 0. The second kappa shape index (κ2) is 17.4. The third-order valence-corrected chi connectivity index (χ3v) is 0. The smallest absolute Gasteiger partial charge is 0 e. The van der Waals surface area contributed by atoms with E-state index in [0.29, 0.717) is 0 Å². The minimum absolute atomic E-state index is 0. The molecule has 0 atom stereocenters. The van der Waals surface area contributed by atoms with Crippen LogP contribution >= 0.6 is 0 Å². The van der Waals surface area contributed by atoms with Gasteiger partial charge in [0.1, 0.15) is 0 Å². The van der Waals surface area contributed by atoms with Crippen molar-refractivity contribution in [3.63, 3.8) is 0 Å². The molecule has 0 aliphatic rings. The minimum atomic E-state index is 0. The van der Waals surface area contributed by atoms with Gasteiger partial charge >= 0.3 is 0 Å². The molecule has 0 saturated carbocycles. The van der Waals surface area contributed by atoms with Crippen LogP contribution in [-0.4, -0.2) is 0 Å². The van der Waals surface area contributed by atoms with E-state index in [-0.39, 0.29) is 82.1 Å². The van der Waals surface area contributed by atoms with Crippen molar-refractivity contribution >= 4 is 0 Å². The van der Waals surface area contributed by atoms with Crippen LogP contribution < -0.4 is 0 Å². The third kappa shape index (κ3) is 8.82. The molecule has 4 heavy (non-hydrogen) atoms. The molecule has 0 heterocycles. The average Bonchev–Trinajstić information content (AvgIpc) is 0. The molecule has 1 radical (unpaired) electrons. The van der Waals surface area contributed by atoms with Gasteiger partial charge in [-0.2, -0.15) is 0 Å². The van der Waals surface area contributed by atoms with Crippen LogP contribution in [0.2, 0.25) is 0 Å². The van der Waals surface area contributed by atoms with Crippen LogP contribution in [-0.2, 0) is 82.1 Å². The first-order valence-electron chi connectivity index (χ1n) is 0. The molecule has 0 nitrogen and oxygen atoms in total. The summed E-state index contributed by atoms with van der Waals surface area (Å²) >= 11 is 0. The first kappa shape index (κ1) is 30.3. The van der Waals surface area contributed by atoms with E-state index in [0.717, 1.165) is 0 Å². The summed E-state index contributed by atoms with van der Waals surface area (Å²) in [7, 11) is 0. The Morgan fingerprint density at radius 1 is 1.00 bits per heavy atom. The molecule has 0 aromatic heterocycles. The molecule has 0 spiro atoms. The maximum absolute atomic E-state index is 0. The average molecular weight is 250 g/mol. The summed E-state index contributed by atoms with van der Waals surface area (Å²) < 4.78 is 0. The molecule has 0 aromatic rings. The van der Waals surface area contributed by atoms with Gasteiger partial charge in [0.15, 0.2) is 0 Å². The quantitative estimate of drug-likeness (QED) is 0.530. The van der Waals surface area contributed by atoms with E-state index in [1.807, 2.05) is 0 Å². The molecule has 0 aliphatic carbocycles. The van der Waals surface area contributed by atoms with Gasteiger partial charge in [0.25, 0.3) is 0 Å². The summed E-state index contributed by atoms with van der Waals surface area (Å²) in [4.78, 5) is 0. The summed E-state index contributed by atoms with van der Waals surface area (Å²) in [5.74, 6) is 0. The molecule has 0 N–H and O–H groups in total. The van der Waals surface area contributed by atoms with Crippen molar-refractivity contribution in [3.8, 4) is 0 Å². The molecule has 23 valence electrons. The molecule has 0 fully saturated rings. The van der Waals surface area contributed by atoms with Crippen LogP contribution in [0.15, 0.2) is 0 Å². The zero-order chi connectivity index (χ0) is 0. The summed E-state index contributed by atoms with van der Waals surface area (Å²) in [5.41, 5.74) is 0. The maximum Gasteiger partial charge on any atom is 0 e. The van der Waals surface area contributed by atoms with Crippen LogP contribution in [0, 0.1) is 0 Å². The van der Waals surface area contributed by atoms with Gasteiger partial charge in [-0.15, -0.1) is 0 Å². The van der Waals surface area contributed by atoms with E-state index < -0.39 is 0 Å². The summed E-state index contributed by atoms with van der Waals surface area (Å²) in [6, 6.07) is 0. The van der Waals surface area contributed by atoms with E-state index in [4.69, 9.17) is 0 Å². The van der Waals surface area contributed by atoms with Gasteiger partial charge in [-0.25, -0.2) is 0 Å². The second-order valence-electron chi connectivity index (χ2n) is 0. The number of rotatable bonds is 0. The molecule has 0 aromatic carbocycles. The standard InChI is InChI=1S/Fe.Mn.Ti.Zr. The first-order valence-corrected chi connectivity index (χ1v) is 0. The Morgan fingerprint density at radius 3 is 1.00 bits per heavy atom. The summed E-state index contributed by atoms with van der Waals surface area (Å²) in [6.45, 7) is 0. The van der Waals surface area contributed by atoms with E-state index in [1.54, 1.807) is 0 Å². The van der Waals surface area contributed by atoms with Gasteiger partial charge in [-0.3, -0.25) is 0 Å². The van der Waals surface area contributed by atoms with Crippen molar-refractivity contribution in [3.05, 3.63) is 0 Å². The van der Waals surface area contributed by atoms with Gasteiger partial charge in [-0.05, 0) is 0 Å². The maximum atomic E-state index is 0. The van der Waals surface area contributed by atoms with Crippen LogP contribution in [0.5, 0.6) is 0 Å². The van der Waals surface area contributed by atoms with Crippen molar-refractivity contribution in [1.82, 2.24) is 0 Å². The predicted octanol–water partition coefficient (Wildman–Crippen LogP) is -0.0100. The monoisotopic (exact) mass is 249 g/mol. The molecular formula is FeMnTiZr. The first-order chi connectivity index (χ1) is 0. The van der Waals surface area contributed by atoms with Gasteiger partial charge in [0.05, 0.1) is 0 Å². The van der Waals surface area contributed by atoms with E-state index in [9.17, 15) is 0 Å². The molecule has 0 unspecified atom stereocenters. The molecular weight excluding hydrogens is 250 g/mol. The summed E-state index contributed by atoms with van der Waals surface area (Å²) in [5, 5.41) is 0. The Morgan fingerprint density at radius 2 is 1.00 bits per heavy atom. The minimum Gasteiger partial charge on any atom is 0 e. The Hall–Kier alpha value is 2.64. The fourth-order valence-electron chi connectivity index (χ4n) is 0. The molecule has 0 bridgehead atoms. The fraction of sp³-hybridized carbons (Fsp3) is 0. The summed E-state index contributed by atoms with van der Waals surface area (Å²) in [6.07, 6.45) is 0. The molecule has 0 saturated heterocycles.